The van der Waals surface area contributed by atoms with Gasteiger partial charge in [-0.05, 0) is 65.0 Å². The van der Waals surface area contributed by atoms with Gasteiger partial charge in [0.1, 0.15) is 30.2 Å². The zero-order valence-corrected chi connectivity index (χ0v) is 24.8. The maximum Gasteiger partial charge on any atom is 0.516 e. The average molecular weight is 572 g/mol. The van der Waals surface area contributed by atoms with Crippen molar-refractivity contribution in [2.24, 2.45) is 0 Å². The van der Waals surface area contributed by atoms with E-state index in [2.05, 4.69) is 29.7 Å². The second-order valence-corrected chi connectivity index (χ2v) is 12.1. The predicted octanol–water partition coefficient (Wildman–Crippen LogP) is 6.17. The number of hydrogen-bond acceptors (Lipinski definition) is 8. The molecule has 9 heteroatoms. The largest absolute Gasteiger partial charge is 0.622 e. The van der Waals surface area contributed by atoms with Gasteiger partial charge in [0.25, 0.3) is 0 Å². The molecule has 42 heavy (non-hydrogen) atoms. The minimum Gasteiger partial charge on any atom is -0.622 e. The average Bonchev–Trinajstić information content (AvgIpc) is 3.25. The summed E-state index contributed by atoms with van der Waals surface area (Å²) < 4.78 is 17.3. The van der Waals surface area contributed by atoms with E-state index < -0.39 is 21.9 Å². The summed E-state index contributed by atoms with van der Waals surface area (Å²) in [5.74, 6) is 0.846. The van der Waals surface area contributed by atoms with Crippen molar-refractivity contribution in [3.05, 3.63) is 88.1 Å². The molecule has 3 aromatic carbocycles. The van der Waals surface area contributed by atoms with E-state index in [9.17, 15) is 14.8 Å². The van der Waals surface area contributed by atoms with Gasteiger partial charge in [0, 0.05) is 53.3 Å². The molecule has 1 unspecified atom stereocenters. The molecule has 6 rings (SSSR count). The lowest BCUT2D eigenvalue weighted by Crippen LogP contribution is -2.60. The van der Waals surface area contributed by atoms with Gasteiger partial charge in [-0.2, -0.15) is 4.79 Å². The van der Waals surface area contributed by atoms with Crippen LogP contribution in [0, 0.1) is 5.21 Å². The third-order valence-corrected chi connectivity index (χ3v) is 8.36. The number of fused-ring (bicyclic) bond motifs is 6. The fourth-order valence-corrected chi connectivity index (χ4v) is 6.21. The van der Waals surface area contributed by atoms with Crippen molar-refractivity contribution in [2.75, 3.05) is 49.1 Å². The number of nitrogens with zero attached hydrogens (tertiary/aromatic N) is 3. The van der Waals surface area contributed by atoms with Gasteiger partial charge in [-0.1, -0.05) is 18.2 Å². The Morgan fingerprint density at radius 1 is 0.976 bits per heavy atom. The maximum atomic E-state index is 13.3. The maximum absolute atomic E-state index is 13.3. The summed E-state index contributed by atoms with van der Waals surface area (Å²) in [5.41, 5.74) is 2.86. The number of hydroxylamine groups is 3. The van der Waals surface area contributed by atoms with Gasteiger partial charge in [-0.15, -0.1) is 0 Å². The van der Waals surface area contributed by atoms with E-state index in [1.54, 1.807) is 26.8 Å². The predicted molar refractivity (Wildman–Crippen MR) is 160 cm³/mol. The fourth-order valence-electron chi connectivity index (χ4n) is 6.21. The highest BCUT2D eigenvalue weighted by molar-refractivity contribution is 5.97. The molecule has 1 spiro atoms. The van der Waals surface area contributed by atoms with E-state index in [0.717, 1.165) is 41.2 Å². The van der Waals surface area contributed by atoms with Crippen LogP contribution in [0.1, 0.15) is 61.7 Å². The van der Waals surface area contributed by atoms with Crippen molar-refractivity contribution in [1.29, 1.82) is 0 Å². The molecule has 3 aliphatic rings. The van der Waals surface area contributed by atoms with E-state index in [1.165, 1.54) is 0 Å². The molecule has 0 aliphatic carbocycles. The Morgan fingerprint density at radius 2 is 1.62 bits per heavy atom. The second-order valence-electron chi connectivity index (χ2n) is 12.1. The highest BCUT2D eigenvalue weighted by Gasteiger charge is 2.53. The Balaban J connectivity index is 1.38. The van der Waals surface area contributed by atoms with Crippen LogP contribution in [0.3, 0.4) is 0 Å². The van der Waals surface area contributed by atoms with Crippen molar-refractivity contribution in [2.45, 2.75) is 45.8 Å². The molecule has 0 bridgehead atoms. The summed E-state index contributed by atoms with van der Waals surface area (Å²) in [6, 6.07) is 19.4. The first kappa shape index (κ1) is 28.1. The first-order chi connectivity index (χ1) is 20.0. The van der Waals surface area contributed by atoms with Crippen molar-refractivity contribution in [3.8, 4) is 11.5 Å². The smallest absolute Gasteiger partial charge is 0.516 e. The Kier molecular flexibility index (Phi) is 6.70. The fraction of sp³-hybridized carbons (Fsp3) is 0.394. The van der Waals surface area contributed by atoms with Crippen LogP contribution in [-0.2, 0) is 15.1 Å². The van der Waals surface area contributed by atoms with Gasteiger partial charge < -0.3 is 29.2 Å². The van der Waals surface area contributed by atoms with Crippen LogP contribution in [0.25, 0.3) is 0 Å². The van der Waals surface area contributed by atoms with Crippen LogP contribution in [0.5, 0.6) is 11.5 Å². The molecule has 3 heterocycles. The minimum absolute atomic E-state index is 0.0812. The third-order valence-electron chi connectivity index (χ3n) is 8.36. The topological polar surface area (TPSA) is 91.4 Å². The molecule has 1 amide bonds. The molecule has 0 aromatic heterocycles. The molecule has 0 radical (unpaired) electrons. The summed E-state index contributed by atoms with van der Waals surface area (Å²) in [6.07, 6.45) is -0.750. The van der Waals surface area contributed by atoms with Crippen LogP contribution in [0.4, 0.5) is 16.2 Å². The molecule has 9 nitrogen and oxygen atoms in total. The monoisotopic (exact) mass is 571 g/mol. The number of rotatable bonds is 4. The van der Waals surface area contributed by atoms with Gasteiger partial charge in [0.05, 0.1) is 18.7 Å². The van der Waals surface area contributed by atoms with E-state index >= 15 is 0 Å². The van der Waals surface area contributed by atoms with Crippen LogP contribution in [0.2, 0.25) is 0 Å². The van der Waals surface area contributed by atoms with E-state index in [4.69, 9.17) is 14.2 Å². The Morgan fingerprint density at radius 3 is 2.29 bits per heavy atom. The van der Waals surface area contributed by atoms with Gasteiger partial charge in [-0.25, -0.2) is 4.79 Å². The number of carbonyl (C=O) groups is 2. The molecule has 0 saturated carbocycles. The van der Waals surface area contributed by atoms with Crippen LogP contribution in [-0.4, -0.2) is 61.6 Å². The lowest BCUT2D eigenvalue weighted by Gasteiger charge is -2.45. The second kappa shape index (κ2) is 10.0. The Labute approximate surface area is 246 Å². The molecule has 1 atom stereocenters. The molecule has 220 valence electrons. The molecule has 3 aliphatic heterocycles. The molecule has 0 N–H and O–H groups in total. The lowest BCUT2D eigenvalue weighted by atomic mass is 9.77. The standard InChI is InChI=1S/C33H37N3O6/c1-6-34(7-2)22-12-14-26-28(20-22)40-29-21-23(35-16-18-36(39,19-17-35)31(38)42-32(3,4)5)13-15-27(29)33(26)25-11-9-8-10-24(25)30(37)41-33/h8-15,20-21H,6-7,16-19H2,1-5H3. The zero-order valence-electron chi connectivity index (χ0n) is 24.8. The SMILES string of the molecule is CCN(CC)c1ccc2c(c1)Oc1cc(N3CC[N+]([O-])(C(=O)OC(C)(C)C)CC3)ccc1C21OC(=O)c2ccccc21. The quantitative estimate of drug-likeness (QED) is 0.209. The van der Waals surface area contributed by atoms with E-state index in [-0.39, 0.29) is 19.1 Å². The Bertz CT molecular complexity index is 1550. The normalized spacial score (nSPS) is 20.2. The van der Waals surface area contributed by atoms with Gasteiger partial charge in [-0.3, -0.25) is 4.65 Å². The third kappa shape index (κ3) is 4.48. The Hall–Kier alpha value is -4.08. The molecule has 3 aromatic rings. The number of hydrogen-bond donors (Lipinski definition) is 0. The first-order valence-electron chi connectivity index (χ1n) is 14.6. The molecular formula is C33H37N3O6. The van der Waals surface area contributed by atoms with Gasteiger partial charge in [0.2, 0.25) is 0 Å². The summed E-state index contributed by atoms with van der Waals surface area (Å²) in [5, 5.41) is 13.3. The van der Waals surface area contributed by atoms with E-state index in [1.807, 2.05) is 48.5 Å². The number of ether oxygens (including phenoxy) is 3. The number of piperazine rings is 1. The van der Waals surface area contributed by atoms with Crippen molar-refractivity contribution in [3.63, 3.8) is 0 Å². The summed E-state index contributed by atoms with van der Waals surface area (Å²) in [4.78, 5) is 30.1. The van der Waals surface area contributed by atoms with Crippen molar-refractivity contribution < 1.29 is 28.4 Å². The van der Waals surface area contributed by atoms with E-state index in [0.29, 0.717) is 30.2 Å². The number of carbonyl (C=O) groups excluding carboxylic acids is 2. The molecular weight excluding hydrogens is 534 g/mol. The van der Waals surface area contributed by atoms with Gasteiger partial charge >= 0.3 is 12.1 Å². The number of amides is 1. The van der Waals surface area contributed by atoms with Crippen molar-refractivity contribution >= 4 is 23.4 Å². The van der Waals surface area contributed by atoms with Crippen LogP contribution in [0.15, 0.2) is 60.7 Å². The minimum atomic E-state index is -1.14. The summed E-state index contributed by atoms with van der Waals surface area (Å²) >= 11 is 0. The first-order valence-corrected chi connectivity index (χ1v) is 14.6. The van der Waals surface area contributed by atoms with Crippen molar-refractivity contribution in [1.82, 2.24) is 0 Å². The van der Waals surface area contributed by atoms with Gasteiger partial charge in [0.15, 0.2) is 5.60 Å². The molecule has 1 saturated heterocycles. The summed E-state index contributed by atoms with van der Waals surface area (Å²) in [7, 11) is 0. The number of benzene rings is 3. The number of quaternary nitrogens is 1. The lowest BCUT2D eigenvalue weighted by molar-refractivity contribution is -0.809. The molecule has 1 fully saturated rings. The number of esters is 1. The zero-order chi connectivity index (χ0) is 29.9. The van der Waals surface area contributed by atoms with Crippen LogP contribution < -0.4 is 14.5 Å². The highest BCUT2D eigenvalue weighted by Crippen LogP contribution is 2.57. The number of anilines is 2. The summed E-state index contributed by atoms with van der Waals surface area (Å²) in [6.45, 7) is 12.1. The van der Waals surface area contributed by atoms with Crippen LogP contribution >= 0.6 is 0 Å². The highest BCUT2D eigenvalue weighted by atomic mass is 16.7.